The van der Waals surface area contributed by atoms with Crippen LogP contribution in [-0.2, 0) is 14.4 Å². The van der Waals surface area contributed by atoms with Gasteiger partial charge in [0, 0.05) is 19.4 Å². The number of imide groups is 1. The first-order valence-corrected chi connectivity index (χ1v) is 5.42. The van der Waals surface area contributed by atoms with Crippen molar-refractivity contribution < 1.29 is 14.4 Å². The normalized spacial score (nSPS) is 17.1. The minimum Gasteiger partial charge on any atom is -0.370 e. The number of guanidine groups is 1. The second kappa shape index (κ2) is 5.97. The number of amides is 2. The number of nitrogens with two attached hydrogens (primary N) is 2. The maximum Gasteiger partial charge on any atom is 0.230 e. The molecular formula is C10H16N4O3. The van der Waals surface area contributed by atoms with E-state index in [1.54, 1.807) is 0 Å². The Hall–Kier alpha value is -1.92. The number of nitrogens with zero attached hydrogens (tertiary/aromatic N) is 2. The molecule has 0 aromatic carbocycles. The molecule has 0 unspecified atom stereocenters. The van der Waals surface area contributed by atoms with Crippen LogP contribution in [0.2, 0.25) is 0 Å². The molecule has 0 aromatic heterocycles. The molecular weight excluding hydrogens is 224 g/mol. The van der Waals surface area contributed by atoms with Crippen molar-refractivity contribution >= 4 is 24.1 Å². The number of rotatable bonds is 6. The molecule has 94 valence electrons. The van der Waals surface area contributed by atoms with E-state index in [-0.39, 0.29) is 30.6 Å². The predicted octanol–water partition coefficient (Wildman–Crippen LogP) is -1.24. The molecule has 1 fully saturated rings. The first kappa shape index (κ1) is 13.1. The quantitative estimate of drug-likeness (QED) is 0.198. The summed E-state index contributed by atoms with van der Waals surface area (Å²) in [6, 6.07) is -0.688. The molecule has 1 aliphatic heterocycles. The van der Waals surface area contributed by atoms with Gasteiger partial charge >= 0.3 is 0 Å². The van der Waals surface area contributed by atoms with Gasteiger partial charge < -0.3 is 16.3 Å². The van der Waals surface area contributed by atoms with E-state index in [1.165, 1.54) is 0 Å². The van der Waals surface area contributed by atoms with Crippen LogP contribution in [0.1, 0.15) is 25.7 Å². The van der Waals surface area contributed by atoms with Crippen molar-refractivity contribution in [1.82, 2.24) is 4.90 Å². The van der Waals surface area contributed by atoms with Crippen LogP contribution in [0.5, 0.6) is 0 Å². The highest BCUT2D eigenvalue weighted by Crippen LogP contribution is 2.17. The molecule has 0 spiro atoms. The highest BCUT2D eigenvalue weighted by Gasteiger charge is 2.34. The number of aldehydes is 1. The number of hydrogen-bond acceptors (Lipinski definition) is 4. The Morgan fingerprint density at radius 2 is 1.94 bits per heavy atom. The van der Waals surface area contributed by atoms with Crippen molar-refractivity contribution in [3.8, 4) is 0 Å². The van der Waals surface area contributed by atoms with Crippen LogP contribution in [0.15, 0.2) is 4.99 Å². The summed E-state index contributed by atoms with van der Waals surface area (Å²) in [4.78, 5) is 38.5. The van der Waals surface area contributed by atoms with Gasteiger partial charge in [0.2, 0.25) is 11.8 Å². The van der Waals surface area contributed by atoms with Gasteiger partial charge in [0.1, 0.15) is 6.29 Å². The highest BCUT2D eigenvalue weighted by molar-refractivity contribution is 6.03. The Labute approximate surface area is 98.8 Å². The molecule has 0 radical (unpaired) electrons. The van der Waals surface area contributed by atoms with Gasteiger partial charge in [-0.05, 0) is 12.8 Å². The van der Waals surface area contributed by atoms with Crippen molar-refractivity contribution in [3.05, 3.63) is 0 Å². The summed E-state index contributed by atoms with van der Waals surface area (Å²) in [5.41, 5.74) is 10.3. The van der Waals surface area contributed by atoms with Crippen molar-refractivity contribution in [1.29, 1.82) is 0 Å². The minimum absolute atomic E-state index is 0.0130. The van der Waals surface area contributed by atoms with Gasteiger partial charge in [-0.1, -0.05) is 0 Å². The molecule has 4 N–H and O–H groups in total. The Morgan fingerprint density at radius 3 is 2.41 bits per heavy atom. The van der Waals surface area contributed by atoms with Gasteiger partial charge in [-0.15, -0.1) is 0 Å². The van der Waals surface area contributed by atoms with Gasteiger partial charge in [-0.2, -0.15) is 0 Å². The molecule has 1 saturated heterocycles. The summed E-state index contributed by atoms with van der Waals surface area (Å²) < 4.78 is 0. The van der Waals surface area contributed by atoms with Crippen LogP contribution >= 0.6 is 0 Å². The summed E-state index contributed by atoms with van der Waals surface area (Å²) in [5.74, 6) is -0.580. The fourth-order valence-corrected chi connectivity index (χ4v) is 1.73. The Morgan fingerprint density at radius 1 is 1.35 bits per heavy atom. The van der Waals surface area contributed by atoms with Crippen molar-refractivity contribution in [2.75, 3.05) is 6.54 Å². The number of aliphatic imine (C=N–C) groups is 1. The van der Waals surface area contributed by atoms with E-state index in [2.05, 4.69) is 4.99 Å². The lowest BCUT2D eigenvalue weighted by Gasteiger charge is -2.20. The van der Waals surface area contributed by atoms with Crippen molar-refractivity contribution in [3.63, 3.8) is 0 Å². The third kappa shape index (κ3) is 3.54. The largest absolute Gasteiger partial charge is 0.370 e. The summed E-state index contributed by atoms with van der Waals surface area (Å²) in [6.45, 7) is 0.378. The minimum atomic E-state index is -0.688. The second-order valence-electron chi connectivity index (χ2n) is 3.81. The zero-order chi connectivity index (χ0) is 12.8. The first-order chi connectivity index (χ1) is 8.06. The van der Waals surface area contributed by atoms with Crippen molar-refractivity contribution in [2.45, 2.75) is 31.7 Å². The summed E-state index contributed by atoms with van der Waals surface area (Å²) in [6.07, 6.45) is 1.93. The van der Waals surface area contributed by atoms with E-state index in [0.717, 1.165) is 4.90 Å². The maximum atomic E-state index is 11.4. The number of carbonyl (C=O) groups is 3. The maximum absolute atomic E-state index is 11.4. The molecule has 0 bridgehead atoms. The van der Waals surface area contributed by atoms with E-state index in [4.69, 9.17) is 11.5 Å². The lowest BCUT2D eigenvalue weighted by molar-refractivity contribution is -0.143. The third-order valence-electron chi connectivity index (χ3n) is 2.53. The van der Waals surface area contributed by atoms with E-state index in [0.29, 0.717) is 25.7 Å². The average molecular weight is 240 g/mol. The van der Waals surface area contributed by atoms with E-state index < -0.39 is 6.04 Å². The van der Waals surface area contributed by atoms with E-state index >= 15 is 0 Å². The molecule has 0 aromatic rings. The molecule has 7 heteroatoms. The second-order valence-corrected chi connectivity index (χ2v) is 3.81. The third-order valence-corrected chi connectivity index (χ3v) is 2.53. The van der Waals surface area contributed by atoms with Crippen LogP contribution < -0.4 is 11.5 Å². The van der Waals surface area contributed by atoms with Gasteiger partial charge in [0.15, 0.2) is 5.96 Å². The standard InChI is InChI=1S/C10H16N4O3/c11-10(12)13-5-1-2-7(6-15)14-8(16)3-4-9(14)17/h6-7H,1-5H2,(H4,11,12,13)/t7-/m0/s1. The van der Waals surface area contributed by atoms with Gasteiger partial charge in [0.05, 0.1) is 6.04 Å². The number of carbonyl (C=O) groups excluding carboxylic acids is 3. The predicted molar refractivity (Wildman–Crippen MR) is 60.8 cm³/mol. The highest BCUT2D eigenvalue weighted by atomic mass is 16.2. The van der Waals surface area contributed by atoms with Crippen LogP contribution in [-0.4, -0.2) is 41.5 Å². The Kier molecular flexibility index (Phi) is 4.62. The molecule has 0 saturated carbocycles. The monoisotopic (exact) mass is 240 g/mol. The van der Waals surface area contributed by atoms with Crippen LogP contribution in [0, 0.1) is 0 Å². The number of hydrogen-bond donors (Lipinski definition) is 2. The Balaban J connectivity index is 2.48. The SMILES string of the molecule is NC(N)=NCCC[C@@H](C=O)N1C(=O)CCC1=O. The van der Waals surface area contributed by atoms with Gasteiger partial charge in [-0.3, -0.25) is 19.5 Å². The smallest absolute Gasteiger partial charge is 0.230 e. The van der Waals surface area contributed by atoms with Crippen LogP contribution in [0.4, 0.5) is 0 Å². The van der Waals surface area contributed by atoms with Crippen LogP contribution in [0.3, 0.4) is 0 Å². The summed E-state index contributed by atoms with van der Waals surface area (Å²) in [5, 5.41) is 0. The lowest BCUT2D eigenvalue weighted by Crippen LogP contribution is -2.40. The Bertz CT molecular complexity index is 333. The topological polar surface area (TPSA) is 119 Å². The zero-order valence-corrected chi connectivity index (χ0v) is 9.46. The fourth-order valence-electron chi connectivity index (χ4n) is 1.73. The fraction of sp³-hybridized carbons (Fsp3) is 0.600. The lowest BCUT2D eigenvalue weighted by atomic mass is 10.1. The zero-order valence-electron chi connectivity index (χ0n) is 9.46. The molecule has 7 nitrogen and oxygen atoms in total. The molecule has 2 amide bonds. The average Bonchev–Trinajstić information content (AvgIpc) is 2.60. The molecule has 1 aliphatic rings. The van der Waals surface area contributed by atoms with Crippen LogP contribution in [0.25, 0.3) is 0 Å². The molecule has 1 atom stereocenters. The summed E-state index contributed by atoms with van der Waals surface area (Å²) >= 11 is 0. The van der Waals surface area contributed by atoms with Gasteiger partial charge in [0.25, 0.3) is 0 Å². The molecule has 1 heterocycles. The first-order valence-electron chi connectivity index (χ1n) is 5.42. The van der Waals surface area contributed by atoms with Gasteiger partial charge in [-0.25, -0.2) is 0 Å². The van der Waals surface area contributed by atoms with E-state index in [1.807, 2.05) is 0 Å². The molecule has 1 rings (SSSR count). The van der Waals surface area contributed by atoms with E-state index in [9.17, 15) is 14.4 Å². The number of likely N-dealkylation sites (tertiary alicyclic amines) is 1. The molecule has 17 heavy (non-hydrogen) atoms. The van der Waals surface area contributed by atoms with Crippen molar-refractivity contribution in [2.24, 2.45) is 16.5 Å². The summed E-state index contributed by atoms with van der Waals surface area (Å²) in [7, 11) is 0. The molecule has 0 aliphatic carbocycles.